The molecule has 0 radical (unpaired) electrons. The van der Waals surface area contributed by atoms with Crippen LogP contribution in [0.4, 0.5) is 0 Å². The summed E-state index contributed by atoms with van der Waals surface area (Å²) in [4.78, 5) is 27.1. The van der Waals surface area contributed by atoms with Gasteiger partial charge in [0.1, 0.15) is 0 Å². The van der Waals surface area contributed by atoms with E-state index in [4.69, 9.17) is 5.73 Å². The lowest BCUT2D eigenvalue weighted by atomic mass is 10.1. The number of nitrogens with zero attached hydrogens (tertiary/aromatic N) is 1. The number of aryl methyl sites for hydroxylation is 1. The van der Waals surface area contributed by atoms with E-state index in [0.29, 0.717) is 19.4 Å². The van der Waals surface area contributed by atoms with Gasteiger partial charge in [-0.1, -0.05) is 6.92 Å². The highest BCUT2D eigenvalue weighted by Gasteiger charge is 2.32. The molecule has 92 valence electrons. The molecule has 2 rings (SSSR count). The maximum absolute atomic E-state index is 11.8. The van der Waals surface area contributed by atoms with Crippen molar-refractivity contribution in [3.8, 4) is 0 Å². The zero-order chi connectivity index (χ0) is 12.4. The van der Waals surface area contributed by atoms with E-state index in [2.05, 4.69) is 6.92 Å². The molecule has 2 heterocycles. The van der Waals surface area contributed by atoms with Gasteiger partial charge >= 0.3 is 0 Å². The lowest BCUT2D eigenvalue weighted by Gasteiger charge is -2.28. The average Bonchev–Trinajstić information content (AvgIpc) is 2.77. The van der Waals surface area contributed by atoms with E-state index in [0.717, 1.165) is 11.3 Å². The van der Waals surface area contributed by atoms with Crippen LogP contribution >= 0.6 is 11.3 Å². The molecule has 1 unspecified atom stereocenters. The van der Waals surface area contributed by atoms with Gasteiger partial charge in [-0.25, -0.2) is 0 Å². The third kappa shape index (κ3) is 2.56. The van der Waals surface area contributed by atoms with Gasteiger partial charge in [0.2, 0.25) is 11.8 Å². The first-order chi connectivity index (χ1) is 8.11. The zero-order valence-corrected chi connectivity index (χ0v) is 10.6. The maximum atomic E-state index is 11.8. The number of rotatable bonds is 3. The van der Waals surface area contributed by atoms with Crippen LogP contribution in [-0.2, 0) is 22.6 Å². The van der Waals surface area contributed by atoms with Crippen LogP contribution in [0.1, 0.15) is 29.5 Å². The second kappa shape index (κ2) is 4.98. The van der Waals surface area contributed by atoms with Gasteiger partial charge in [0.05, 0.1) is 12.6 Å². The molecule has 17 heavy (non-hydrogen) atoms. The summed E-state index contributed by atoms with van der Waals surface area (Å²) in [5.41, 5.74) is 5.68. The van der Waals surface area contributed by atoms with Gasteiger partial charge in [-0.15, -0.1) is 11.3 Å². The van der Waals surface area contributed by atoms with Crippen molar-refractivity contribution in [2.45, 2.75) is 38.8 Å². The number of piperidine rings is 1. The first-order valence-corrected chi connectivity index (χ1v) is 6.61. The van der Waals surface area contributed by atoms with Crippen LogP contribution in [0.5, 0.6) is 0 Å². The van der Waals surface area contributed by atoms with Crippen LogP contribution < -0.4 is 5.73 Å². The summed E-state index contributed by atoms with van der Waals surface area (Å²) in [5.74, 6) is -0.351. The summed E-state index contributed by atoms with van der Waals surface area (Å²) in [6.45, 7) is 2.46. The Labute approximate surface area is 104 Å². The van der Waals surface area contributed by atoms with Crippen LogP contribution in [0.3, 0.4) is 0 Å². The molecule has 4 nitrogen and oxygen atoms in total. The van der Waals surface area contributed by atoms with Crippen LogP contribution in [0, 0.1) is 0 Å². The van der Waals surface area contributed by atoms with Gasteiger partial charge in [0, 0.05) is 16.2 Å². The Balaban J connectivity index is 2.10. The summed E-state index contributed by atoms with van der Waals surface area (Å²) in [5, 5.41) is 0. The summed E-state index contributed by atoms with van der Waals surface area (Å²) >= 11 is 1.64. The Morgan fingerprint density at radius 1 is 1.41 bits per heavy atom. The smallest absolute Gasteiger partial charge is 0.246 e. The zero-order valence-electron chi connectivity index (χ0n) is 9.81. The van der Waals surface area contributed by atoms with Crippen LogP contribution in [0.25, 0.3) is 0 Å². The molecule has 2 N–H and O–H groups in total. The van der Waals surface area contributed by atoms with Crippen molar-refractivity contribution in [1.82, 2.24) is 4.90 Å². The van der Waals surface area contributed by atoms with E-state index in [1.165, 1.54) is 9.78 Å². The van der Waals surface area contributed by atoms with Crippen molar-refractivity contribution >= 4 is 23.2 Å². The molecule has 1 aliphatic rings. The van der Waals surface area contributed by atoms with Crippen LogP contribution in [-0.4, -0.2) is 22.8 Å². The first-order valence-electron chi connectivity index (χ1n) is 5.79. The minimum Gasteiger partial charge on any atom is -0.320 e. The third-order valence-electron chi connectivity index (χ3n) is 2.93. The molecule has 1 aromatic heterocycles. The molecule has 0 aliphatic carbocycles. The number of carbonyl (C=O) groups is 2. The Morgan fingerprint density at radius 3 is 2.76 bits per heavy atom. The van der Waals surface area contributed by atoms with E-state index in [1.54, 1.807) is 11.3 Å². The largest absolute Gasteiger partial charge is 0.320 e. The van der Waals surface area contributed by atoms with Gasteiger partial charge in [0.15, 0.2) is 0 Å². The molecule has 2 amide bonds. The first kappa shape index (κ1) is 12.3. The van der Waals surface area contributed by atoms with Crippen molar-refractivity contribution in [3.05, 3.63) is 21.9 Å². The number of thiophene rings is 1. The molecule has 0 aromatic carbocycles. The topological polar surface area (TPSA) is 63.4 Å². The molecule has 0 bridgehead atoms. The number of hydrogen-bond donors (Lipinski definition) is 1. The lowest BCUT2D eigenvalue weighted by Crippen LogP contribution is -2.50. The summed E-state index contributed by atoms with van der Waals surface area (Å²) in [6.07, 6.45) is 1.82. The molecular weight excluding hydrogens is 236 g/mol. The molecule has 0 spiro atoms. The number of hydrogen-bond acceptors (Lipinski definition) is 4. The monoisotopic (exact) mass is 252 g/mol. The fraction of sp³-hybridized carbons (Fsp3) is 0.500. The van der Waals surface area contributed by atoms with Gasteiger partial charge in [-0.3, -0.25) is 14.5 Å². The molecule has 0 saturated carbocycles. The number of nitrogens with two attached hydrogens (primary N) is 1. The maximum Gasteiger partial charge on any atom is 0.246 e. The lowest BCUT2D eigenvalue weighted by molar-refractivity contribution is -0.149. The molecule has 1 atom stereocenters. The SMILES string of the molecule is CCc1ccc(CN2C(=O)CCC(N)C2=O)s1. The van der Waals surface area contributed by atoms with Crippen molar-refractivity contribution < 1.29 is 9.59 Å². The number of likely N-dealkylation sites (tertiary alicyclic amines) is 1. The third-order valence-corrected chi connectivity index (χ3v) is 4.15. The second-order valence-corrected chi connectivity index (χ2v) is 5.44. The minimum absolute atomic E-state index is 0.108. The van der Waals surface area contributed by atoms with E-state index in [1.807, 2.05) is 12.1 Å². The Bertz CT molecular complexity index is 441. The Morgan fingerprint density at radius 2 is 2.12 bits per heavy atom. The van der Waals surface area contributed by atoms with E-state index >= 15 is 0 Å². The second-order valence-electron chi connectivity index (χ2n) is 4.18. The van der Waals surface area contributed by atoms with Gasteiger partial charge in [-0.2, -0.15) is 0 Å². The fourth-order valence-electron chi connectivity index (χ4n) is 1.88. The van der Waals surface area contributed by atoms with E-state index < -0.39 is 6.04 Å². The van der Waals surface area contributed by atoms with E-state index in [-0.39, 0.29) is 11.8 Å². The molecular formula is C12H16N2O2S. The number of amides is 2. The normalized spacial score (nSPS) is 21.1. The standard InChI is InChI=1S/C12H16N2O2S/c1-2-8-3-4-9(17-8)7-14-11(15)6-5-10(13)12(14)16/h3-4,10H,2,5-7,13H2,1H3. The van der Waals surface area contributed by atoms with Gasteiger partial charge in [0.25, 0.3) is 0 Å². The van der Waals surface area contributed by atoms with E-state index in [9.17, 15) is 9.59 Å². The highest BCUT2D eigenvalue weighted by atomic mass is 32.1. The molecule has 1 saturated heterocycles. The van der Waals surface area contributed by atoms with Gasteiger partial charge in [-0.05, 0) is 25.0 Å². The summed E-state index contributed by atoms with van der Waals surface area (Å²) in [6, 6.07) is 3.50. The molecule has 5 heteroatoms. The fourth-order valence-corrected chi connectivity index (χ4v) is 2.83. The van der Waals surface area contributed by atoms with Crippen molar-refractivity contribution in [2.24, 2.45) is 5.73 Å². The Kier molecular flexibility index (Phi) is 3.59. The highest BCUT2D eigenvalue weighted by Crippen LogP contribution is 2.21. The predicted molar refractivity (Wildman–Crippen MR) is 66.5 cm³/mol. The minimum atomic E-state index is -0.515. The van der Waals surface area contributed by atoms with Crippen molar-refractivity contribution in [1.29, 1.82) is 0 Å². The van der Waals surface area contributed by atoms with Crippen LogP contribution in [0.2, 0.25) is 0 Å². The number of imide groups is 1. The molecule has 1 aliphatic heterocycles. The van der Waals surface area contributed by atoms with Crippen molar-refractivity contribution in [3.63, 3.8) is 0 Å². The summed E-state index contributed by atoms with van der Waals surface area (Å²) in [7, 11) is 0. The van der Waals surface area contributed by atoms with Crippen molar-refractivity contribution in [2.75, 3.05) is 0 Å². The summed E-state index contributed by atoms with van der Waals surface area (Å²) < 4.78 is 0. The average molecular weight is 252 g/mol. The highest BCUT2D eigenvalue weighted by molar-refractivity contribution is 7.11. The van der Waals surface area contributed by atoms with Gasteiger partial charge < -0.3 is 5.73 Å². The Hall–Kier alpha value is -1.20. The predicted octanol–water partition coefficient (Wildman–Crippen LogP) is 1.29. The van der Waals surface area contributed by atoms with Crippen LogP contribution in [0.15, 0.2) is 12.1 Å². The molecule has 1 fully saturated rings. The quantitative estimate of drug-likeness (QED) is 0.824. The number of carbonyl (C=O) groups excluding carboxylic acids is 2. The molecule has 1 aromatic rings.